The molecular formula is C22H22O3. The van der Waals surface area contributed by atoms with Gasteiger partial charge in [0.2, 0.25) is 5.78 Å². The van der Waals surface area contributed by atoms with Crippen LogP contribution in [0, 0.1) is 0 Å². The Bertz CT molecular complexity index is 779. The fourth-order valence-electron chi connectivity index (χ4n) is 3.95. The van der Waals surface area contributed by atoms with E-state index in [1.54, 1.807) is 14.2 Å². The molecule has 3 rings (SSSR count). The first-order valence-corrected chi connectivity index (χ1v) is 8.26. The number of rotatable bonds is 6. The largest absolute Gasteiger partial charge is 0.496 e. The summed E-state index contributed by atoms with van der Waals surface area (Å²) in [5, 5.41) is 0. The number of fused-ring (bicyclic) bond motifs is 2. The molecule has 2 aromatic rings. The molecule has 0 saturated heterocycles. The number of carbonyl (C=O) groups excluding carboxylic acids is 1. The van der Waals surface area contributed by atoms with Crippen molar-refractivity contribution in [1.29, 1.82) is 0 Å². The van der Waals surface area contributed by atoms with E-state index in [2.05, 4.69) is 13.2 Å². The van der Waals surface area contributed by atoms with E-state index in [1.165, 1.54) is 0 Å². The molecule has 0 saturated carbocycles. The average molecular weight is 334 g/mol. The van der Waals surface area contributed by atoms with E-state index < -0.39 is 5.41 Å². The van der Waals surface area contributed by atoms with Gasteiger partial charge in [0.05, 0.1) is 25.3 Å². The van der Waals surface area contributed by atoms with E-state index in [1.807, 2.05) is 48.6 Å². The lowest BCUT2D eigenvalue weighted by molar-refractivity contribution is 0.102. The van der Waals surface area contributed by atoms with Gasteiger partial charge in [-0.25, -0.2) is 0 Å². The number of hydrogen-bond donors (Lipinski definition) is 0. The average Bonchev–Trinajstić information content (AvgIpc) is 2.65. The Labute approximate surface area is 148 Å². The number of benzene rings is 2. The summed E-state index contributed by atoms with van der Waals surface area (Å²) in [5.74, 6) is 1.09. The first kappa shape index (κ1) is 17.0. The Balaban J connectivity index is 2.46. The van der Waals surface area contributed by atoms with E-state index in [0.717, 1.165) is 11.1 Å². The zero-order valence-corrected chi connectivity index (χ0v) is 14.7. The fraction of sp³-hybridized carbons (Fsp3) is 0.227. The SMILES string of the molecule is C=CCC1(CC=C)c2cccc(OC)c2C(=O)c2c(OC)cccc21. The van der Waals surface area contributed by atoms with Gasteiger partial charge < -0.3 is 9.47 Å². The Hall–Kier alpha value is -2.81. The van der Waals surface area contributed by atoms with Crippen molar-refractivity contribution >= 4 is 5.78 Å². The highest BCUT2D eigenvalue weighted by Crippen LogP contribution is 2.50. The zero-order chi connectivity index (χ0) is 18.0. The van der Waals surface area contributed by atoms with Crippen molar-refractivity contribution in [2.24, 2.45) is 0 Å². The molecule has 128 valence electrons. The summed E-state index contributed by atoms with van der Waals surface area (Å²) in [6.45, 7) is 7.90. The van der Waals surface area contributed by atoms with Crippen LogP contribution in [-0.4, -0.2) is 20.0 Å². The first-order chi connectivity index (χ1) is 12.1. The monoisotopic (exact) mass is 334 g/mol. The van der Waals surface area contributed by atoms with E-state index in [4.69, 9.17) is 9.47 Å². The number of carbonyl (C=O) groups is 1. The molecule has 0 unspecified atom stereocenters. The summed E-state index contributed by atoms with van der Waals surface area (Å²) < 4.78 is 11.0. The summed E-state index contributed by atoms with van der Waals surface area (Å²) in [4.78, 5) is 13.4. The highest BCUT2D eigenvalue weighted by molar-refractivity contribution is 6.16. The maximum atomic E-state index is 13.4. The van der Waals surface area contributed by atoms with Crippen LogP contribution in [0.25, 0.3) is 0 Å². The maximum Gasteiger partial charge on any atom is 0.201 e. The summed E-state index contributed by atoms with van der Waals surface area (Å²) in [6.07, 6.45) is 5.16. The molecule has 0 spiro atoms. The summed E-state index contributed by atoms with van der Waals surface area (Å²) in [5.41, 5.74) is 2.71. The minimum atomic E-state index is -0.412. The van der Waals surface area contributed by atoms with Gasteiger partial charge in [-0.05, 0) is 36.1 Å². The van der Waals surface area contributed by atoms with E-state index in [-0.39, 0.29) is 5.78 Å². The Morgan fingerprint density at radius 3 is 1.68 bits per heavy atom. The van der Waals surface area contributed by atoms with Crippen LogP contribution in [0.1, 0.15) is 39.9 Å². The normalized spacial score (nSPS) is 14.2. The summed E-state index contributed by atoms with van der Waals surface area (Å²) in [7, 11) is 3.17. The number of hydrogen-bond acceptors (Lipinski definition) is 3. The standard InChI is InChI=1S/C22H22O3/c1-5-13-22(14-6-2)15-9-7-11-17(24-3)19(15)21(23)20-16(22)10-8-12-18(20)25-4/h5-12H,1-2,13-14H2,3-4H3. The van der Waals surface area contributed by atoms with Gasteiger partial charge in [-0.15, -0.1) is 13.2 Å². The van der Waals surface area contributed by atoms with Crippen molar-refractivity contribution in [1.82, 2.24) is 0 Å². The van der Waals surface area contributed by atoms with Crippen LogP contribution in [0.5, 0.6) is 11.5 Å². The molecule has 3 nitrogen and oxygen atoms in total. The van der Waals surface area contributed by atoms with Crippen molar-refractivity contribution in [3.05, 3.63) is 84.0 Å². The quantitative estimate of drug-likeness (QED) is 0.719. The third-order valence-electron chi connectivity index (χ3n) is 4.96. The second-order valence-corrected chi connectivity index (χ2v) is 6.16. The fourth-order valence-corrected chi connectivity index (χ4v) is 3.95. The van der Waals surface area contributed by atoms with Crippen molar-refractivity contribution in [2.75, 3.05) is 14.2 Å². The highest BCUT2D eigenvalue weighted by atomic mass is 16.5. The molecule has 0 atom stereocenters. The molecule has 25 heavy (non-hydrogen) atoms. The van der Waals surface area contributed by atoms with Crippen molar-refractivity contribution in [3.8, 4) is 11.5 Å². The number of ketones is 1. The molecule has 0 bridgehead atoms. The molecule has 0 amide bonds. The van der Waals surface area contributed by atoms with Crippen LogP contribution in [0.2, 0.25) is 0 Å². The van der Waals surface area contributed by atoms with Gasteiger partial charge in [0.15, 0.2) is 0 Å². The molecule has 0 aliphatic heterocycles. The van der Waals surface area contributed by atoms with Crippen LogP contribution in [0.4, 0.5) is 0 Å². The highest BCUT2D eigenvalue weighted by Gasteiger charge is 2.44. The summed E-state index contributed by atoms with van der Waals surface area (Å²) >= 11 is 0. The number of methoxy groups -OCH3 is 2. The molecule has 3 heteroatoms. The Morgan fingerprint density at radius 1 is 0.880 bits per heavy atom. The van der Waals surface area contributed by atoms with Gasteiger partial charge in [0.1, 0.15) is 11.5 Å². The summed E-state index contributed by atoms with van der Waals surface area (Å²) in [6, 6.07) is 11.5. The van der Waals surface area contributed by atoms with Gasteiger partial charge in [0, 0.05) is 5.41 Å². The third kappa shape index (κ3) is 2.39. The molecule has 0 heterocycles. The van der Waals surface area contributed by atoms with Crippen LogP contribution in [0.3, 0.4) is 0 Å². The predicted octanol–water partition coefficient (Wildman–Crippen LogP) is 4.69. The first-order valence-electron chi connectivity index (χ1n) is 8.26. The maximum absolute atomic E-state index is 13.4. The second kappa shape index (κ2) is 6.60. The second-order valence-electron chi connectivity index (χ2n) is 6.16. The molecule has 2 aromatic carbocycles. The third-order valence-corrected chi connectivity index (χ3v) is 4.96. The van der Waals surface area contributed by atoms with Gasteiger partial charge in [-0.1, -0.05) is 36.4 Å². The zero-order valence-electron chi connectivity index (χ0n) is 14.7. The molecular weight excluding hydrogens is 312 g/mol. The topological polar surface area (TPSA) is 35.5 Å². The Kier molecular flexibility index (Phi) is 4.49. The molecule has 1 aliphatic carbocycles. The molecule has 0 radical (unpaired) electrons. The molecule has 0 aromatic heterocycles. The lowest BCUT2D eigenvalue weighted by atomic mass is 9.62. The van der Waals surface area contributed by atoms with Crippen LogP contribution >= 0.6 is 0 Å². The van der Waals surface area contributed by atoms with E-state index in [9.17, 15) is 4.79 Å². The predicted molar refractivity (Wildman–Crippen MR) is 99.8 cm³/mol. The number of allylic oxidation sites excluding steroid dienone is 2. The van der Waals surface area contributed by atoms with E-state index >= 15 is 0 Å². The minimum Gasteiger partial charge on any atom is -0.496 e. The Morgan fingerprint density at radius 2 is 1.32 bits per heavy atom. The molecule has 1 aliphatic rings. The van der Waals surface area contributed by atoms with Crippen molar-refractivity contribution < 1.29 is 14.3 Å². The minimum absolute atomic E-state index is 0.0661. The molecule has 0 fully saturated rings. The van der Waals surface area contributed by atoms with Crippen LogP contribution in [0.15, 0.2) is 61.7 Å². The van der Waals surface area contributed by atoms with Gasteiger partial charge >= 0.3 is 0 Å². The van der Waals surface area contributed by atoms with Crippen molar-refractivity contribution in [3.63, 3.8) is 0 Å². The van der Waals surface area contributed by atoms with Gasteiger partial charge in [-0.3, -0.25) is 4.79 Å². The number of ether oxygens (including phenoxy) is 2. The van der Waals surface area contributed by atoms with Crippen LogP contribution < -0.4 is 9.47 Å². The van der Waals surface area contributed by atoms with Gasteiger partial charge in [0.25, 0.3) is 0 Å². The van der Waals surface area contributed by atoms with E-state index in [0.29, 0.717) is 35.5 Å². The molecule has 0 N–H and O–H groups in total. The van der Waals surface area contributed by atoms with Crippen molar-refractivity contribution in [2.45, 2.75) is 18.3 Å². The van der Waals surface area contributed by atoms with Gasteiger partial charge in [-0.2, -0.15) is 0 Å². The lowest BCUT2D eigenvalue weighted by Crippen LogP contribution is -2.35. The lowest BCUT2D eigenvalue weighted by Gasteiger charge is -2.40. The van der Waals surface area contributed by atoms with Crippen LogP contribution in [-0.2, 0) is 5.41 Å². The smallest absolute Gasteiger partial charge is 0.201 e.